The molecule has 9 atom stereocenters. The van der Waals surface area contributed by atoms with Gasteiger partial charge in [-0.15, -0.1) is 0 Å². The van der Waals surface area contributed by atoms with E-state index in [1.165, 1.54) is 20.3 Å². The van der Waals surface area contributed by atoms with Crippen LogP contribution in [0.15, 0.2) is 46.1 Å². The maximum Gasteiger partial charge on any atom is 0.312 e. The molecule has 6 N–H and O–H groups in total. The Morgan fingerprint density at radius 1 is 0.914 bits per heavy atom. The second-order valence-electron chi connectivity index (χ2n) is 17.4. The van der Waals surface area contributed by atoms with Crippen molar-refractivity contribution in [1.82, 2.24) is 4.90 Å². The van der Waals surface area contributed by atoms with Gasteiger partial charge in [0.25, 0.3) is 11.7 Å². The van der Waals surface area contributed by atoms with Gasteiger partial charge in [-0.2, -0.15) is 0 Å². The van der Waals surface area contributed by atoms with Crippen molar-refractivity contribution in [3.8, 4) is 17.2 Å². The molecule has 0 radical (unpaired) electrons. The van der Waals surface area contributed by atoms with Crippen LogP contribution in [0.2, 0.25) is 0 Å². The van der Waals surface area contributed by atoms with Gasteiger partial charge in [0.2, 0.25) is 0 Å². The van der Waals surface area contributed by atoms with Gasteiger partial charge in [0.1, 0.15) is 22.5 Å². The van der Waals surface area contributed by atoms with Gasteiger partial charge < -0.3 is 50.0 Å². The molecule has 0 aliphatic carbocycles. The van der Waals surface area contributed by atoms with Crippen LogP contribution in [0.25, 0.3) is 10.8 Å². The smallest absolute Gasteiger partial charge is 0.312 e. The third-order valence-electron chi connectivity index (χ3n) is 12.6. The minimum absolute atomic E-state index is 0.0467. The lowest BCUT2D eigenvalue weighted by Gasteiger charge is -2.36. The average molecular weight is 805 g/mol. The Balaban J connectivity index is 1.54. The van der Waals surface area contributed by atoms with E-state index in [2.05, 4.69) is 24.1 Å². The number of anilines is 1. The maximum absolute atomic E-state index is 14.6. The minimum Gasteiger partial charge on any atom is -0.507 e. The summed E-state index contributed by atoms with van der Waals surface area (Å²) in [6.45, 7) is 18.2. The average Bonchev–Trinajstić information content (AvgIpc) is 3.69. The van der Waals surface area contributed by atoms with Crippen LogP contribution in [0, 0.1) is 36.5 Å². The molecule has 1 fully saturated rings. The zero-order valence-electron chi connectivity index (χ0n) is 35.2. The number of nitrogens with one attached hydrogen (secondary N) is 1. The summed E-state index contributed by atoms with van der Waals surface area (Å²) in [5.41, 5.74) is -0.508. The molecule has 4 heterocycles. The lowest BCUT2D eigenvalue weighted by Crippen LogP contribution is -2.44. The normalized spacial score (nSPS) is 33.9. The predicted octanol–water partition coefficient (Wildman–Crippen LogP) is 4.18. The Labute approximate surface area is 339 Å². The first-order chi connectivity index (χ1) is 27.3. The summed E-state index contributed by atoms with van der Waals surface area (Å²) in [6, 6.07) is 0. The van der Waals surface area contributed by atoms with Crippen molar-refractivity contribution in [2.75, 3.05) is 32.1 Å². The number of piperidine rings is 1. The highest BCUT2D eigenvalue weighted by Gasteiger charge is 2.50. The number of fused-ring (bicyclic) bond motifs is 1. The first-order valence-electron chi connectivity index (χ1n) is 20.3. The fourth-order valence-corrected chi connectivity index (χ4v) is 8.81. The van der Waals surface area contributed by atoms with E-state index >= 15 is 0 Å². The Hall–Kier alpha value is -4.34. The summed E-state index contributed by atoms with van der Waals surface area (Å²) in [6.07, 6.45) is 4.98. The number of benzene rings is 2. The molecule has 1 unspecified atom stereocenters. The van der Waals surface area contributed by atoms with Crippen LogP contribution in [0.3, 0.4) is 0 Å². The summed E-state index contributed by atoms with van der Waals surface area (Å²) < 4.78 is 18.0. The molecule has 6 rings (SSSR count). The number of hydrogen-bond donors (Lipinski definition) is 6. The molecular weight excluding hydrogens is 745 g/mol. The number of carbonyl (C=O) groups is 2. The number of allylic oxidation sites excluding steroid dienone is 2. The number of aliphatic hydroxyl groups excluding tert-OH is 3. The number of hydrogen-bond acceptors (Lipinski definition) is 13. The molecule has 2 aromatic rings. The van der Waals surface area contributed by atoms with Gasteiger partial charge in [-0.05, 0) is 25.8 Å². The van der Waals surface area contributed by atoms with E-state index in [0.29, 0.717) is 31.8 Å². The lowest BCUT2D eigenvalue weighted by atomic mass is 9.78. The monoisotopic (exact) mass is 804 g/mol. The molecule has 14 nitrogen and oxygen atoms in total. The summed E-state index contributed by atoms with van der Waals surface area (Å²) >= 11 is 0. The molecule has 58 heavy (non-hydrogen) atoms. The van der Waals surface area contributed by atoms with Crippen LogP contribution in [0.4, 0.5) is 5.69 Å². The number of Topliss-reactive ketones (excluding diaryl/α,β-unsaturated/α-hetero) is 1. The van der Waals surface area contributed by atoms with Gasteiger partial charge in [0, 0.05) is 86.7 Å². The van der Waals surface area contributed by atoms with Crippen LogP contribution in [0.5, 0.6) is 17.2 Å². The van der Waals surface area contributed by atoms with Crippen LogP contribution < -0.4 is 20.8 Å². The summed E-state index contributed by atoms with van der Waals surface area (Å²) in [4.78, 5) is 41.1. The first-order valence-corrected chi connectivity index (χ1v) is 20.3. The van der Waals surface area contributed by atoms with Crippen molar-refractivity contribution in [1.29, 1.82) is 0 Å². The summed E-state index contributed by atoms with van der Waals surface area (Å²) in [5.74, 6) is -5.71. The Kier molecular flexibility index (Phi) is 12.2. The molecule has 14 heteroatoms. The molecule has 4 bridgehead atoms. The molecular formula is C44H60N4O10. The Bertz CT molecular complexity index is 2170. The number of carbonyl (C=O) groups excluding carboxylic acids is 2. The largest absolute Gasteiger partial charge is 0.507 e. The van der Waals surface area contributed by atoms with Crippen LogP contribution >= 0.6 is 0 Å². The number of phenols is 2. The molecule has 1 saturated heterocycles. The van der Waals surface area contributed by atoms with Crippen molar-refractivity contribution in [2.24, 2.45) is 39.6 Å². The predicted molar refractivity (Wildman–Crippen MR) is 218 cm³/mol. The van der Waals surface area contributed by atoms with Crippen molar-refractivity contribution in [3.63, 3.8) is 0 Å². The molecule has 1 amide bonds. The van der Waals surface area contributed by atoms with Crippen molar-refractivity contribution in [2.45, 2.75) is 111 Å². The van der Waals surface area contributed by atoms with E-state index in [0.717, 1.165) is 6.54 Å². The minimum atomic E-state index is -1.93. The third-order valence-corrected chi connectivity index (χ3v) is 12.6. The van der Waals surface area contributed by atoms with Crippen molar-refractivity contribution < 1.29 is 49.3 Å². The van der Waals surface area contributed by atoms with E-state index in [1.807, 2.05) is 0 Å². The number of rotatable bonds is 3. The molecule has 2 aromatic carbocycles. The summed E-state index contributed by atoms with van der Waals surface area (Å²) in [5, 5.41) is 61.1. The topological polar surface area (TPSA) is 203 Å². The van der Waals surface area contributed by atoms with Crippen LogP contribution in [-0.4, -0.2) is 105 Å². The number of aromatic hydroxyl groups is 2. The number of ketones is 1. The molecule has 4 aliphatic heterocycles. The highest BCUT2D eigenvalue weighted by atomic mass is 16.7. The number of methoxy groups -OCH3 is 1. The van der Waals surface area contributed by atoms with Gasteiger partial charge in [-0.3, -0.25) is 19.6 Å². The summed E-state index contributed by atoms with van der Waals surface area (Å²) in [7, 11) is 1.47. The third kappa shape index (κ3) is 7.65. The van der Waals surface area contributed by atoms with E-state index < -0.39 is 77.0 Å². The molecule has 0 saturated carbocycles. The number of nitrogens with zero attached hydrogens (tertiary/aromatic N) is 3. The van der Waals surface area contributed by atoms with Gasteiger partial charge in [0.15, 0.2) is 11.4 Å². The molecule has 0 aromatic heterocycles. The SMILES string of the molecule is CO[C@H]1/C=C/OC2(C)Oc3c(C)c(O)c4c(O)c(c5c(c4c3C2=O)=NC2(CCN(CC(C)C)CC2)N=5)NC(=O)/C(C)=C\C=C\[C@H](C)[C@H](O)[C@@H](C)[C@@H](O)[C@@H](C)[C@H](O)[C@@H]1C. The highest BCUT2D eigenvalue weighted by molar-refractivity contribution is 6.19. The Morgan fingerprint density at radius 2 is 1.53 bits per heavy atom. The number of ether oxygens (including phenoxy) is 3. The van der Waals surface area contributed by atoms with Gasteiger partial charge >= 0.3 is 5.79 Å². The van der Waals surface area contributed by atoms with Crippen LogP contribution in [0.1, 0.15) is 84.2 Å². The highest BCUT2D eigenvalue weighted by Crippen LogP contribution is 2.50. The lowest BCUT2D eigenvalue weighted by molar-refractivity contribution is -0.112. The van der Waals surface area contributed by atoms with Crippen molar-refractivity contribution in [3.05, 3.63) is 58.0 Å². The van der Waals surface area contributed by atoms with Gasteiger partial charge in [0.05, 0.1) is 47.0 Å². The quantitative estimate of drug-likeness (QED) is 0.243. The first kappa shape index (κ1) is 43.2. The zero-order valence-corrected chi connectivity index (χ0v) is 35.2. The number of amides is 1. The number of phenolic OH excluding ortho intramolecular Hbond substituents is 2. The maximum atomic E-state index is 14.6. The number of likely N-dealkylation sites (tertiary alicyclic amines) is 1. The van der Waals surface area contributed by atoms with E-state index in [9.17, 15) is 35.1 Å². The molecule has 316 valence electrons. The second kappa shape index (κ2) is 16.4. The standard InChI is InChI=1S/C44H60N4O10/c1-21(2)20-48-17-15-44(16-18-48)46-32-29-30-38(52)27(8)40-31(29)41(54)43(9,58-40)57-19-14-28(56-10)24(5)36(50)26(7)37(51)25(6)35(49)22(3)12-11-13-23(4)42(55)45-34(39(30)53)33(32)47-44/h11-14,19,21-22,24-26,28,35-37,49-53H,15-18,20H2,1-10H3,(H,45,55)/b12-11+,19-14+,23-13-/t22-,24+,25+,26-,28-,35-,36+,37+,43?/m0/s1. The van der Waals surface area contributed by atoms with Gasteiger partial charge in [-0.1, -0.05) is 59.8 Å². The van der Waals surface area contributed by atoms with E-state index in [4.69, 9.17) is 24.2 Å². The Morgan fingerprint density at radius 3 is 2.17 bits per heavy atom. The van der Waals surface area contributed by atoms with Gasteiger partial charge in [-0.25, -0.2) is 0 Å². The zero-order chi connectivity index (χ0) is 42.6. The second-order valence-corrected chi connectivity index (χ2v) is 17.4. The fraction of sp³-hybridized carbons (Fsp3) is 0.591. The molecule has 4 aliphatic rings. The van der Waals surface area contributed by atoms with Crippen molar-refractivity contribution >= 4 is 28.2 Å². The fourth-order valence-electron chi connectivity index (χ4n) is 8.81. The molecule has 1 spiro atoms. The van der Waals surface area contributed by atoms with E-state index in [-0.39, 0.29) is 55.4 Å². The van der Waals surface area contributed by atoms with Crippen LogP contribution in [-0.2, 0) is 14.3 Å². The number of aliphatic hydroxyl groups is 3. The van der Waals surface area contributed by atoms with E-state index in [1.54, 1.807) is 65.8 Å².